The summed E-state index contributed by atoms with van der Waals surface area (Å²) in [4.78, 5) is 0. The zero-order valence-corrected chi connectivity index (χ0v) is 9.18. The lowest BCUT2D eigenvalue weighted by Gasteiger charge is -2.13. The summed E-state index contributed by atoms with van der Waals surface area (Å²) in [6.07, 6.45) is 3.84. The molecule has 2 rings (SSSR count). The number of aryl methyl sites for hydroxylation is 1. The zero-order valence-electron chi connectivity index (χ0n) is 6.77. The van der Waals surface area contributed by atoms with Gasteiger partial charge < -0.3 is 22.1 Å². The minimum atomic E-state index is -0.181. The number of hydrogen-bond donors (Lipinski definition) is 1. The highest BCUT2D eigenvalue weighted by molar-refractivity contribution is 7.99. The summed E-state index contributed by atoms with van der Waals surface area (Å²) in [7, 11) is 2.02. The molecule has 68 valence electrons. The third-order valence-corrected chi connectivity index (χ3v) is 3.16. The van der Waals surface area contributed by atoms with Gasteiger partial charge in [-0.15, -0.1) is 0 Å². The summed E-state index contributed by atoms with van der Waals surface area (Å²) < 4.78 is 4.16. The van der Waals surface area contributed by atoms with E-state index in [1.54, 1.807) is 11.8 Å². The van der Waals surface area contributed by atoms with Gasteiger partial charge >= 0.3 is 5.16 Å². The van der Waals surface area contributed by atoms with Crippen LogP contribution in [-0.2, 0) is 13.6 Å². The fourth-order valence-electron chi connectivity index (χ4n) is 1.28. The van der Waals surface area contributed by atoms with Crippen molar-refractivity contribution >= 4 is 11.8 Å². The first-order valence-electron chi connectivity index (χ1n) is 3.63. The number of thioether (sulfide) groups is 1. The van der Waals surface area contributed by atoms with E-state index in [2.05, 4.69) is 9.13 Å². The van der Waals surface area contributed by atoms with Gasteiger partial charge in [-0.2, -0.15) is 0 Å². The van der Waals surface area contributed by atoms with Crippen molar-refractivity contribution in [2.45, 2.75) is 17.8 Å². The smallest absolute Gasteiger partial charge is 0.317 e. The van der Waals surface area contributed by atoms with Crippen LogP contribution in [0.3, 0.4) is 0 Å². The summed E-state index contributed by atoms with van der Waals surface area (Å²) >= 11 is 1.71. The number of fused-ring (bicyclic) bond motifs is 1. The first kappa shape index (κ1) is 10.1. The lowest BCUT2D eigenvalue weighted by Crippen LogP contribution is -3.00. The maximum absolute atomic E-state index is 9.31. The topological polar surface area (TPSA) is 29.0 Å². The first-order valence-corrected chi connectivity index (χ1v) is 4.61. The van der Waals surface area contributed by atoms with Crippen LogP contribution in [0.1, 0.15) is 0 Å². The molecular weight excluding hydrogens is 240 g/mol. The molecule has 3 nitrogen and oxygen atoms in total. The number of halogens is 1. The molecule has 2 heterocycles. The van der Waals surface area contributed by atoms with Gasteiger partial charge in [0, 0.05) is 5.75 Å². The highest BCUT2D eigenvalue weighted by atomic mass is 79.9. The maximum atomic E-state index is 9.31. The Kier molecular flexibility index (Phi) is 3.20. The largest absolute Gasteiger partial charge is 1.00 e. The minimum absolute atomic E-state index is 0. The number of hydrogen-bond acceptors (Lipinski definition) is 2. The van der Waals surface area contributed by atoms with E-state index < -0.39 is 0 Å². The van der Waals surface area contributed by atoms with E-state index in [1.807, 2.05) is 19.4 Å². The average molecular weight is 251 g/mol. The van der Waals surface area contributed by atoms with E-state index in [9.17, 15) is 5.11 Å². The van der Waals surface area contributed by atoms with Crippen LogP contribution < -0.4 is 21.5 Å². The second-order valence-corrected chi connectivity index (χ2v) is 3.80. The molecule has 12 heavy (non-hydrogen) atoms. The van der Waals surface area contributed by atoms with E-state index in [-0.39, 0.29) is 23.1 Å². The van der Waals surface area contributed by atoms with E-state index in [4.69, 9.17) is 0 Å². The van der Waals surface area contributed by atoms with Crippen molar-refractivity contribution in [3.8, 4) is 0 Å². The molecule has 1 aliphatic rings. The van der Waals surface area contributed by atoms with Gasteiger partial charge in [-0.3, -0.25) is 0 Å². The highest BCUT2D eigenvalue weighted by Crippen LogP contribution is 2.20. The van der Waals surface area contributed by atoms with Gasteiger partial charge in [0.25, 0.3) is 0 Å². The molecule has 0 aliphatic carbocycles. The molecule has 1 atom stereocenters. The zero-order chi connectivity index (χ0) is 7.84. The Bertz CT molecular complexity index is 276. The summed E-state index contributed by atoms with van der Waals surface area (Å²) in [6.45, 7) is 0.739. The molecule has 0 spiro atoms. The Balaban J connectivity index is 0.000000720. The van der Waals surface area contributed by atoms with Crippen molar-refractivity contribution in [1.82, 2.24) is 4.57 Å². The highest BCUT2D eigenvalue weighted by Gasteiger charge is 2.24. The van der Waals surface area contributed by atoms with E-state index >= 15 is 0 Å². The molecule has 0 saturated carbocycles. The normalized spacial score (nSPS) is 21.3. The van der Waals surface area contributed by atoms with Crippen LogP contribution in [0.2, 0.25) is 0 Å². The molecule has 1 aliphatic heterocycles. The summed E-state index contributed by atoms with van der Waals surface area (Å²) in [5, 5.41) is 10.5. The van der Waals surface area contributed by atoms with Gasteiger partial charge in [-0.25, -0.2) is 9.13 Å². The van der Waals surface area contributed by atoms with Crippen molar-refractivity contribution < 1.29 is 26.7 Å². The fourth-order valence-corrected chi connectivity index (χ4v) is 2.30. The van der Waals surface area contributed by atoms with E-state index in [0.717, 1.165) is 12.3 Å². The van der Waals surface area contributed by atoms with Crippen LogP contribution in [0.4, 0.5) is 0 Å². The molecule has 0 unspecified atom stereocenters. The van der Waals surface area contributed by atoms with Gasteiger partial charge in [0.15, 0.2) is 0 Å². The number of nitrogens with zero attached hydrogens (tertiary/aromatic N) is 2. The summed E-state index contributed by atoms with van der Waals surface area (Å²) in [5.74, 6) is 0.817. The average Bonchev–Trinajstić information content (AvgIpc) is 2.32. The monoisotopic (exact) mass is 250 g/mol. The van der Waals surface area contributed by atoms with E-state index in [1.165, 1.54) is 5.16 Å². The second-order valence-electron chi connectivity index (χ2n) is 2.81. The van der Waals surface area contributed by atoms with Crippen LogP contribution in [0.15, 0.2) is 17.6 Å². The van der Waals surface area contributed by atoms with Crippen LogP contribution in [0, 0.1) is 0 Å². The Morgan fingerprint density at radius 1 is 1.75 bits per heavy atom. The lowest BCUT2D eigenvalue weighted by atomic mass is 10.4. The molecule has 0 bridgehead atoms. The summed E-state index contributed by atoms with van der Waals surface area (Å²) in [5.41, 5.74) is 0. The maximum Gasteiger partial charge on any atom is 0.317 e. The molecule has 0 radical (unpaired) electrons. The predicted molar refractivity (Wildman–Crippen MR) is 42.3 cm³/mol. The van der Waals surface area contributed by atoms with Crippen molar-refractivity contribution in [2.75, 3.05) is 5.75 Å². The fraction of sp³-hybridized carbons (Fsp3) is 0.571. The van der Waals surface area contributed by atoms with Crippen molar-refractivity contribution in [3.63, 3.8) is 0 Å². The summed E-state index contributed by atoms with van der Waals surface area (Å²) in [6, 6.07) is 0. The van der Waals surface area contributed by atoms with Gasteiger partial charge in [0.05, 0.1) is 7.05 Å². The number of aromatic nitrogens is 2. The van der Waals surface area contributed by atoms with Gasteiger partial charge in [-0.1, -0.05) is 0 Å². The number of aliphatic hydroxyl groups excluding tert-OH is 1. The number of aliphatic hydroxyl groups is 1. The van der Waals surface area contributed by atoms with Crippen molar-refractivity contribution in [1.29, 1.82) is 0 Å². The Morgan fingerprint density at radius 2 is 2.50 bits per heavy atom. The van der Waals surface area contributed by atoms with Crippen LogP contribution in [0.25, 0.3) is 0 Å². The van der Waals surface area contributed by atoms with Crippen LogP contribution >= 0.6 is 11.8 Å². The Hall–Kier alpha value is -0.0000000000000000555. The molecule has 0 fully saturated rings. The molecule has 5 heteroatoms. The molecule has 0 saturated heterocycles. The van der Waals surface area contributed by atoms with Crippen molar-refractivity contribution in [3.05, 3.63) is 12.4 Å². The van der Waals surface area contributed by atoms with Crippen LogP contribution in [0.5, 0.6) is 0 Å². The van der Waals surface area contributed by atoms with Crippen molar-refractivity contribution in [2.24, 2.45) is 7.05 Å². The molecule has 0 amide bonds. The van der Waals surface area contributed by atoms with Gasteiger partial charge in [0.2, 0.25) is 0 Å². The number of imidazole rings is 1. The minimum Gasteiger partial charge on any atom is -1.00 e. The van der Waals surface area contributed by atoms with Gasteiger partial charge in [-0.05, 0) is 11.8 Å². The van der Waals surface area contributed by atoms with Gasteiger partial charge in [0.1, 0.15) is 25.0 Å². The molecule has 1 aromatic rings. The first-order chi connectivity index (χ1) is 5.27. The third-order valence-electron chi connectivity index (χ3n) is 1.83. The predicted octanol–water partition coefficient (Wildman–Crippen LogP) is -3.22. The SMILES string of the molecule is C[n+]1ccn2c1SC[C@@H](O)C2.[Br-]. The third kappa shape index (κ3) is 1.67. The second kappa shape index (κ2) is 3.81. The molecule has 1 aromatic heterocycles. The molecule has 0 aromatic carbocycles. The Labute approximate surface area is 86.2 Å². The quantitative estimate of drug-likeness (QED) is 0.492. The standard InChI is InChI=1S/C7H11N2OS.BrH/c1-8-2-3-9-4-6(10)5-11-7(8)9;/h2-3,6,10H,4-5H2,1H3;1H/q+1;/p-1/t6-;/m0./s1. The molecular formula is C7H11BrN2OS. The number of rotatable bonds is 0. The lowest BCUT2D eigenvalue weighted by molar-refractivity contribution is -0.709. The van der Waals surface area contributed by atoms with E-state index in [0.29, 0.717) is 0 Å². The molecule has 1 N–H and O–H groups in total. The van der Waals surface area contributed by atoms with Crippen LogP contribution in [-0.4, -0.2) is 21.5 Å². The Morgan fingerprint density at radius 3 is 3.25 bits per heavy atom.